The average molecular weight is 348 g/mol. The molecule has 26 heavy (non-hydrogen) atoms. The van der Waals surface area contributed by atoms with Gasteiger partial charge >= 0.3 is 0 Å². The van der Waals surface area contributed by atoms with Gasteiger partial charge in [0.2, 0.25) is 11.8 Å². The topological polar surface area (TPSA) is 105 Å². The van der Waals surface area contributed by atoms with E-state index in [2.05, 4.69) is 10.3 Å². The fourth-order valence-electron chi connectivity index (χ4n) is 2.76. The molecule has 2 amide bonds. The van der Waals surface area contributed by atoms with Gasteiger partial charge in [0, 0.05) is 16.5 Å². The number of H-pyrrole nitrogens is 1. The van der Waals surface area contributed by atoms with E-state index < -0.39 is 5.91 Å². The Labute approximate surface area is 150 Å². The highest BCUT2D eigenvalue weighted by atomic mass is 16.2. The molecule has 0 aliphatic carbocycles. The molecular formula is C20H18N3O3. The molecule has 0 spiro atoms. The molecule has 1 heterocycles. The molecule has 3 rings (SSSR count). The lowest BCUT2D eigenvalue weighted by atomic mass is 10.0. The van der Waals surface area contributed by atoms with E-state index in [-0.39, 0.29) is 17.2 Å². The minimum Gasteiger partial charge on any atom is -0.366 e. The number of amides is 2. The van der Waals surface area contributed by atoms with Crippen LogP contribution in [0.1, 0.15) is 22.3 Å². The summed E-state index contributed by atoms with van der Waals surface area (Å²) in [5, 5.41) is 3.43. The van der Waals surface area contributed by atoms with Crippen LogP contribution in [-0.2, 0) is 11.2 Å². The zero-order chi connectivity index (χ0) is 18.5. The predicted octanol–water partition coefficient (Wildman–Crippen LogP) is 2.40. The van der Waals surface area contributed by atoms with Gasteiger partial charge in [0.15, 0.2) is 0 Å². The molecule has 0 saturated carbocycles. The van der Waals surface area contributed by atoms with E-state index in [1.165, 1.54) is 6.42 Å². The molecule has 0 aliphatic rings. The minimum atomic E-state index is -0.493. The lowest BCUT2D eigenvalue weighted by molar-refractivity contribution is -0.113. The molecule has 6 heteroatoms. The summed E-state index contributed by atoms with van der Waals surface area (Å²) in [5.41, 5.74) is 7.13. The number of nitrogens with two attached hydrogens (primary N) is 1. The largest absolute Gasteiger partial charge is 0.366 e. The summed E-state index contributed by atoms with van der Waals surface area (Å²) < 4.78 is 0. The van der Waals surface area contributed by atoms with E-state index in [1.807, 2.05) is 24.3 Å². The van der Waals surface area contributed by atoms with Crippen LogP contribution in [-0.4, -0.2) is 16.8 Å². The number of hydrogen-bond donors (Lipinski definition) is 3. The molecule has 3 aromatic rings. The molecule has 4 N–H and O–H groups in total. The number of carbonyl (C=O) groups excluding carboxylic acids is 2. The smallest absolute Gasteiger partial charge is 0.272 e. The summed E-state index contributed by atoms with van der Waals surface area (Å²) in [4.78, 5) is 38.3. The molecular weight excluding hydrogens is 330 g/mol. The second-order valence-corrected chi connectivity index (χ2v) is 5.85. The second-order valence-electron chi connectivity index (χ2n) is 5.85. The maximum absolute atomic E-state index is 12.1. The van der Waals surface area contributed by atoms with E-state index in [0.717, 1.165) is 10.9 Å². The summed E-state index contributed by atoms with van der Waals surface area (Å²) in [6.07, 6.45) is 2.37. The SMILES string of the molecule is NC(=O)c1ccccc1CC[CH]C(=O)Nc1cc2ccccc2[nH]c1=O. The van der Waals surface area contributed by atoms with Crippen molar-refractivity contribution in [2.24, 2.45) is 5.73 Å². The Morgan fingerprint density at radius 3 is 2.62 bits per heavy atom. The van der Waals surface area contributed by atoms with Crippen molar-refractivity contribution in [3.8, 4) is 0 Å². The number of pyridine rings is 1. The first-order valence-electron chi connectivity index (χ1n) is 8.18. The van der Waals surface area contributed by atoms with Gasteiger partial charge < -0.3 is 16.0 Å². The Morgan fingerprint density at radius 2 is 1.81 bits per heavy atom. The van der Waals surface area contributed by atoms with E-state index in [0.29, 0.717) is 23.9 Å². The van der Waals surface area contributed by atoms with Crippen LogP contribution in [0.15, 0.2) is 59.4 Å². The quantitative estimate of drug-likeness (QED) is 0.637. The molecule has 0 aliphatic heterocycles. The summed E-state index contributed by atoms with van der Waals surface area (Å²) in [5.74, 6) is -0.866. The zero-order valence-corrected chi connectivity index (χ0v) is 14.0. The van der Waals surface area contributed by atoms with Crippen molar-refractivity contribution >= 4 is 28.4 Å². The number of nitrogens with one attached hydrogen (secondary N) is 2. The first kappa shape index (κ1) is 17.4. The van der Waals surface area contributed by atoms with Gasteiger partial charge in [-0.3, -0.25) is 14.4 Å². The summed E-state index contributed by atoms with van der Waals surface area (Å²) in [6.45, 7) is 0. The number of fused-ring (bicyclic) bond motifs is 1. The van der Waals surface area contributed by atoms with Crippen molar-refractivity contribution in [3.05, 3.63) is 82.5 Å². The fraction of sp³-hybridized carbons (Fsp3) is 0.100. The normalized spacial score (nSPS) is 10.6. The van der Waals surface area contributed by atoms with Gasteiger partial charge in [-0.25, -0.2) is 0 Å². The van der Waals surface area contributed by atoms with Crippen molar-refractivity contribution in [2.75, 3.05) is 5.32 Å². The van der Waals surface area contributed by atoms with Crippen LogP contribution in [0.3, 0.4) is 0 Å². The van der Waals surface area contributed by atoms with Crippen LogP contribution in [0.2, 0.25) is 0 Å². The van der Waals surface area contributed by atoms with E-state index in [9.17, 15) is 14.4 Å². The number of carbonyl (C=O) groups is 2. The number of anilines is 1. The minimum absolute atomic E-state index is 0.197. The monoisotopic (exact) mass is 348 g/mol. The Morgan fingerprint density at radius 1 is 1.08 bits per heavy atom. The number of aromatic nitrogens is 1. The van der Waals surface area contributed by atoms with Gasteiger partial charge in [-0.1, -0.05) is 36.4 Å². The predicted molar refractivity (Wildman–Crippen MR) is 101 cm³/mol. The van der Waals surface area contributed by atoms with Crippen LogP contribution in [0.5, 0.6) is 0 Å². The lowest BCUT2D eigenvalue weighted by Gasteiger charge is -2.07. The van der Waals surface area contributed by atoms with Crippen LogP contribution < -0.4 is 16.6 Å². The van der Waals surface area contributed by atoms with Crippen molar-refractivity contribution in [1.29, 1.82) is 0 Å². The maximum Gasteiger partial charge on any atom is 0.272 e. The molecule has 1 radical (unpaired) electrons. The number of aryl methyl sites for hydroxylation is 1. The molecule has 131 valence electrons. The van der Waals surface area contributed by atoms with Crippen LogP contribution in [0.25, 0.3) is 10.9 Å². The summed E-state index contributed by atoms with van der Waals surface area (Å²) >= 11 is 0. The molecule has 6 nitrogen and oxygen atoms in total. The number of para-hydroxylation sites is 1. The van der Waals surface area contributed by atoms with Gasteiger partial charge in [0.1, 0.15) is 5.69 Å². The highest BCUT2D eigenvalue weighted by Crippen LogP contribution is 2.14. The van der Waals surface area contributed by atoms with Crippen LogP contribution >= 0.6 is 0 Å². The third kappa shape index (κ3) is 3.97. The Kier molecular flexibility index (Phi) is 5.12. The molecule has 0 unspecified atom stereocenters. The maximum atomic E-state index is 12.1. The Bertz CT molecular complexity index is 1020. The van der Waals surface area contributed by atoms with Crippen molar-refractivity contribution in [1.82, 2.24) is 4.98 Å². The number of primary amides is 1. The van der Waals surface area contributed by atoms with Gasteiger partial charge in [0.05, 0.1) is 6.42 Å². The van der Waals surface area contributed by atoms with E-state index in [1.54, 1.807) is 30.3 Å². The first-order valence-corrected chi connectivity index (χ1v) is 8.18. The summed E-state index contributed by atoms with van der Waals surface area (Å²) in [6, 6.07) is 16.0. The summed E-state index contributed by atoms with van der Waals surface area (Å²) in [7, 11) is 0. The molecule has 0 saturated heterocycles. The average Bonchev–Trinajstić information content (AvgIpc) is 2.62. The second kappa shape index (κ2) is 7.65. The number of hydrogen-bond acceptors (Lipinski definition) is 3. The highest BCUT2D eigenvalue weighted by Gasteiger charge is 2.10. The van der Waals surface area contributed by atoms with Gasteiger partial charge in [-0.15, -0.1) is 0 Å². The Hall–Kier alpha value is -3.41. The molecule has 0 bridgehead atoms. The molecule has 0 atom stereocenters. The standard InChI is InChI=1S/C20H18N3O3/c21-19(25)15-9-3-1-6-13(15)8-5-11-18(24)22-17-12-14-7-2-4-10-16(14)23-20(17)26/h1-4,6-7,9-12H,5,8H2,(H2,21,25)(H,22,24)(H,23,26). The third-order valence-corrected chi connectivity index (χ3v) is 4.04. The Balaban J connectivity index is 1.62. The molecule has 1 aromatic heterocycles. The van der Waals surface area contributed by atoms with E-state index >= 15 is 0 Å². The van der Waals surface area contributed by atoms with Crippen molar-refractivity contribution < 1.29 is 9.59 Å². The van der Waals surface area contributed by atoms with Gasteiger partial charge in [-0.05, 0) is 36.6 Å². The number of rotatable bonds is 6. The number of aromatic amines is 1. The van der Waals surface area contributed by atoms with Crippen molar-refractivity contribution in [2.45, 2.75) is 12.8 Å². The third-order valence-electron chi connectivity index (χ3n) is 4.04. The number of benzene rings is 2. The first-order chi connectivity index (χ1) is 12.5. The van der Waals surface area contributed by atoms with E-state index in [4.69, 9.17) is 5.73 Å². The van der Waals surface area contributed by atoms with Gasteiger partial charge in [-0.2, -0.15) is 0 Å². The van der Waals surface area contributed by atoms with Crippen LogP contribution in [0, 0.1) is 6.42 Å². The zero-order valence-electron chi connectivity index (χ0n) is 14.0. The van der Waals surface area contributed by atoms with Crippen molar-refractivity contribution in [3.63, 3.8) is 0 Å². The fourth-order valence-corrected chi connectivity index (χ4v) is 2.76. The molecule has 0 fully saturated rings. The molecule has 2 aromatic carbocycles. The van der Waals surface area contributed by atoms with Gasteiger partial charge in [0.25, 0.3) is 5.56 Å². The van der Waals surface area contributed by atoms with Crippen LogP contribution in [0.4, 0.5) is 5.69 Å². The highest BCUT2D eigenvalue weighted by molar-refractivity contribution is 5.98. The lowest BCUT2D eigenvalue weighted by Crippen LogP contribution is -2.20.